The van der Waals surface area contributed by atoms with Crippen molar-refractivity contribution in [3.63, 3.8) is 0 Å². The normalized spacial score (nSPS) is 14.6. The highest BCUT2D eigenvalue weighted by atomic mass is 19.1. The van der Waals surface area contributed by atoms with Gasteiger partial charge in [-0.2, -0.15) is 5.10 Å². The number of aromatic carboxylic acids is 1. The summed E-state index contributed by atoms with van der Waals surface area (Å²) in [6, 6.07) is 13.5. The molecule has 1 aliphatic heterocycles. The Bertz CT molecular complexity index is 1800. The number of carboxylic acids is 1. The van der Waals surface area contributed by atoms with E-state index < -0.39 is 17.6 Å². The number of ether oxygens (including phenoxy) is 3. The van der Waals surface area contributed by atoms with Gasteiger partial charge in [0.05, 0.1) is 42.0 Å². The zero-order chi connectivity index (χ0) is 29.4. The van der Waals surface area contributed by atoms with Gasteiger partial charge < -0.3 is 23.9 Å². The Kier molecular flexibility index (Phi) is 7.29. The summed E-state index contributed by atoms with van der Waals surface area (Å²) in [5, 5.41) is 13.7. The van der Waals surface area contributed by atoms with Crippen LogP contribution in [0.1, 0.15) is 33.9 Å². The predicted molar refractivity (Wildman–Crippen MR) is 148 cm³/mol. The topological polar surface area (TPSA) is 114 Å². The highest BCUT2D eigenvalue weighted by Gasteiger charge is 2.24. The molecule has 4 heterocycles. The van der Waals surface area contributed by atoms with Crippen molar-refractivity contribution in [3.05, 3.63) is 88.9 Å². The first-order chi connectivity index (χ1) is 20.3. The molecule has 10 nitrogen and oxygen atoms in total. The van der Waals surface area contributed by atoms with E-state index in [1.165, 1.54) is 12.1 Å². The van der Waals surface area contributed by atoms with E-state index in [4.69, 9.17) is 14.2 Å². The van der Waals surface area contributed by atoms with Gasteiger partial charge in [-0.25, -0.2) is 28.2 Å². The third-order valence-electron chi connectivity index (χ3n) is 7.20. The Morgan fingerprint density at radius 3 is 2.67 bits per heavy atom. The highest BCUT2D eigenvalue weighted by Crippen LogP contribution is 2.29. The van der Waals surface area contributed by atoms with Crippen LogP contribution in [0.15, 0.2) is 54.6 Å². The average molecular weight is 576 g/mol. The second-order valence-corrected chi connectivity index (χ2v) is 9.98. The summed E-state index contributed by atoms with van der Waals surface area (Å²) in [6.07, 6.45) is 0.789. The van der Waals surface area contributed by atoms with E-state index in [1.807, 2.05) is 4.57 Å². The van der Waals surface area contributed by atoms with Gasteiger partial charge in [0, 0.05) is 37.8 Å². The fourth-order valence-corrected chi connectivity index (χ4v) is 4.93. The van der Waals surface area contributed by atoms with Crippen molar-refractivity contribution in [2.75, 3.05) is 13.7 Å². The van der Waals surface area contributed by atoms with Crippen LogP contribution < -0.4 is 9.47 Å². The van der Waals surface area contributed by atoms with Crippen molar-refractivity contribution < 1.29 is 32.9 Å². The van der Waals surface area contributed by atoms with E-state index in [0.717, 1.165) is 18.6 Å². The fourth-order valence-electron chi connectivity index (χ4n) is 4.93. The molecule has 0 amide bonds. The molecule has 42 heavy (non-hydrogen) atoms. The molecule has 2 aromatic carbocycles. The first-order valence-electron chi connectivity index (χ1n) is 13.3. The van der Waals surface area contributed by atoms with Crippen molar-refractivity contribution in [2.45, 2.75) is 32.1 Å². The van der Waals surface area contributed by atoms with Crippen molar-refractivity contribution in [3.8, 4) is 23.0 Å². The number of nitrogens with zero attached hydrogens (tertiary/aromatic N) is 5. The molecular formula is C30H27F2N5O5. The molecule has 0 bridgehead atoms. The summed E-state index contributed by atoms with van der Waals surface area (Å²) in [5.74, 6) is -1.05. The summed E-state index contributed by atoms with van der Waals surface area (Å²) >= 11 is 0. The summed E-state index contributed by atoms with van der Waals surface area (Å²) in [4.78, 5) is 20.5. The lowest BCUT2D eigenvalue weighted by Gasteiger charge is -2.27. The van der Waals surface area contributed by atoms with E-state index in [2.05, 4.69) is 15.1 Å². The quantitative estimate of drug-likeness (QED) is 0.253. The maximum Gasteiger partial charge on any atom is 0.335 e. The summed E-state index contributed by atoms with van der Waals surface area (Å²) in [6.45, 7) is 1.19. The Hall–Kier alpha value is -4.84. The van der Waals surface area contributed by atoms with Gasteiger partial charge in [-0.3, -0.25) is 0 Å². The van der Waals surface area contributed by atoms with Gasteiger partial charge in [0.15, 0.2) is 0 Å². The van der Waals surface area contributed by atoms with Gasteiger partial charge in [0.25, 0.3) is 0 Å². The minimum absolute atomic E-state index is 0.00302. The summed E-state index contributed by atoms with van der Waals surface area (Å²) in [5.41, 5.74) is 2.22. The average Bonchev–Trinajstić information content (AvgIpc) is 3.49. The van der Waals surface area contributed by atoms with Gasteiger partial charge in [-0.15, -0.1) is 0 Å². The Labute approximate surface area is 239 Å². The molecule has 0 spiro atoms. The largest absolute Gasteiger partial charge is 0.481 e. The van der Waals surface area contributed by atoms with Crippen LogP contribution in [0.25, 0.3) is 22.3 Å². The summed E-state index contributed by atoms with van der Waals surface area (Å²) < 4.78 is 50.8. The molecule has 0 aliphatic carbocycles. The first-order valence-corrected chi connectivity index (χ1v) is 13.3. The van der Waals surface area contributed by atoms with Crippen LogP contribution in [-0.4, -0.2) is 55.2 Å². The van der Waals surface area contributed by atoms with Gasteiger partial charge in [-0.1, -0.05) is 6.07 Å². The van der Waals surface area contributed by atoms with E-state index in [1.54, 1.807) is 49.2 Å². The molecule has 1 aliphatic rings. The van der Waals surface area contributed by atoms with E-state index in [0.29, 0.717) is 41.6 Å². The number of methoxy groups -OCH3 is 1. The molecule has 216 valence electrons. The number of benzene rings is 2. The molecule has 3 aromatic heterocycles. The number of carboxylic acid groups (broad SMARTS) is 1. The number of fused-ring (bicyclic) bond motifs is 1. The standard InChI is InChI=1S/C30H27F2N5O5/c1-36-29(40-2)13-19(35-36)16-42-28-5-3-4-24(34-28)21-14-22(31)18(10-23(21)32)12-27-33-25-7-6-17(30(38)39)11-26(25)37(27)15-20-8-9-41-20/h3-7,10-11,13-14,20H,8-9,12,15-16H2,1-2H3,(H,38,39). The third-order valence-corrected chi connectivity index (χ3v) is 7.20. The maximum absolute atomic E-state index is 15.5. The number of aryl methyl sites for hydroxylation is 1. The SMILES string of the molecule is COc1cc(COc2cccc(-c3cc(F)c(Cc4nc5ccc(C(=O)O)cc5n4CC4CCO4)cc3F)n2)nn1C. The monoisotopic (exact) mass is 575 g/mol. The third kappa shape index (κ3) is 5.40. The molecule has 0 saturated carbocycles. The molecule has 1 unspecified atom stereocenters. The number of hydrogen-bond acceptors (Lipinski definition) is 7. The number of rotatable bonds is 10. The minimum atomic E-state index is -1.06. The molecule has 1 saturated heterocycles. The number of carbonyl (C=O) groups is 1. The van der Waals surface area contributed by atoms with Gasteiger partial charge >= 0.3 is 5.97 Å². The number of imidazole rings is 1. The Morgan fingerprint density at radius 2 is 1.95 bits per heavy atom. The fraction of sp³-hybridized carbons (Fsp3) is 0.267. The first kappa shape index (κ1) is 27.3. The number of aromatic nitrogens is 5. The van der Waals surface area contributed by atoms with Crippen LogP contribution in [0.2, 0.25) is 0 Å². The van der Waals surface area contributed by atoms with Crippen molar-refractivity contribution in [1.82, 2.24) is 24.3 Å². The predicted octanol–water partition coefficient (Wildman–Crippen LogP) is 4.78. The highest BCUT2D eigenvalue weighted by molar-refractivity contribution is 5.92. The van der Waals surface area contributed by atoms with Crippen LogP contribution in [0, 0.1) is 11.6 Å². The molecule has 1 fully saturated rings. The lowest BCUT2D eigenvalue weighted by Crippen LogP contribution is -2.31. The van der Waals surface area contributed by atoms with E-state index >= 15 is 8.78 Å². The summed E-state index contributed by atoms with van der Waals surface area (Å²) in [7, 11) is 3.29. The zero-order valence-corrected chi connectivity index (χ0v) is 22.9. The number of hydrogen-bond donors (Lipinski definition) is 1. The second-order valence-electron chi connectivity index (χ2n) is 9.98. The molecular weight excluding hydrogens is 548 g/mol. The molecule has 0 radical (unpaired) electrons. The van der Waals surface area contributed by atoms with Gasteiger partial charge in [0.1, 0.15) is 29.8 Å². The second kappa shape index (κ2) is 11.2. The van der Waals surface area contributed by atoms with Crippen LogP contribution in [0.5, 0.6) is 11.8 Å². The Balaban J connectivity index is 1.26. The van der Waals surface area contributed by atoms with Crippen LogP contribution in [0.4, 0.5) is 8.78 Å². The molecule has 5 aromatic rings. The molecule has 1 N–H and O–H groups in total. The molecule has 1 atom stereocenters. The maximum atomic E-state index is 15.5. The lowest BCUT2D eigenvalue weighted by atomic mass is 10.0. The van der Waals surface area contributed by atoms with Crippen LogP contribution >= 0.6 is 0 Å². The van der Waals surface area contributed by atoms with Crippen LogP contribution in [-0.2, 0) is 31.4 Å². The molecule has 12 heteroatoms. The molecule has 6 rings (SSSR count). The minimum Gasteiger partial charge on any atom is -0.481 e. The smallest absolute Gasteiger partial charge is 0.335 e. The lowest BCUT2D eigenvalue weighted by molar-refractivity contribution is -0.0589. The van der Waals surface area contributed by atoms with Crippen molar-refractivity contribution in [2.24, 2.45) is 7.05 Å². The van der Waals surface area contributed by atoms with Gasteiger partial charge in [-0.05, 0) is 48.4 Å². The van der Waals surface area contributed by atoms with E-state index in [-0.39, 0.29) is 47.4 Å². The van der Waals surface area contributed by atoms with Gasteiger partial charge in [0.2, 0.25) is 11.8 Å². The zero-order valence-electron chi connectivity index (χ0n) is 22.9. The Morgan fingerprint density at radius 1 is 1.12 bits per heavy atom. The number of pyridine rings is 1. The number of halogens is 2. The van der Waals surface area contributed by atoms with Crippen molar-refractivity contribution >= 4 is 17.0 Å². The van der Waals surface area contributed by atoms with E-state index in [9.17, 15) is 9.90 Å². The van der Waals surface area contributed by atoms with Crippen LogP contribution in [0.3, 0.4) is 0 Å². The van der Waals surface area contributed by atoms with Crippen molar-refractivity contribution in [1.29, 1.82) is 0 Å².